The first-order valence-electron chi connectivity index (χ1n) is 5.74. The van der Waals surface area contributed by atoms with Crippen molar-refractivity contribution < 1.29 is 13.6 Å². The van der Waals surface area contributed by atoms with E-state index in [-0.39, 0.29) is 17.8 Å². The van der Waals surface area contributed by atoms with Crippen molar-refractivity contribution in [1.29, 1.82) is 0 Å². The van der Waals surface area contributed by atoms with E-state index in [0.29, 0.717) is 12.2 Å². The SMILES string of the molecule is CC(Cc1ccc(F)cc1)NC(=O)c1ccco1. The van der Waals surface area contributed by atoms with Gasteiger partial charge in [-0.15, -0.1) is 0 Å². The molecule has 94 valence electrons. The number of carbonyl (C=O) groups is 1. The Hall–Kier alpha value is -2.10. The van der Waals surface area contributed by atoms with Crippen molar-refractivity contribution in [3.05, 3.63) is 59.8 Å². The minimum Gasteiger partial charge on any atom is -0.459 e. The molecule has 1 heterocycles. The van der Waals surface area contributed by atoms with E-state index in [0.717, 1.165) is 5.56 Å². The molecule has 0 radical (unpaired) electrons. The molecule has 0 spiro atoms. The van der Waals surface area contributed by atoms with Crippen molar-refractivity contribution in [2.75, 3.05) is 0 Å². The van der Waals surface area contributed by atoms with Gasteiger partial charge < -0.3 is 9.73 Å². The molecule has 1 N–H and O–H groups in total. The average Bonchev–Trinajstić information content (AvgIpc) is 2.85. The Morgan fingerprint density at radius 2 is 2.06 bits per heavy atom. The Morgan fingerprint density at radius 1 is 1.33 bits per heavy atom. The Bertz CT molecular complexity index is 505. The molecule has 0 fully saturated rings. The molecule has 0 aliphatic rings. The molecule has 3 nitrogen and oxygen atoms in total. The zero-order valence-electron chi connectivity index (χ0n) is 10.0. The van der Waals surface area contributed by atoms with Gasteiger partial charge in [-0.1, -0.05) is 12.1 Å². The van der Waals surface area contributed by atoms with Crippen molar-refractivity contribution in [3.8, 4) is 0 Å². The summed E-state index contributed by atoms with van der Waals surface area (Å²) in [7, 11) is 0. The van der Waals surface area contributed by atoms with Crippen LogP contribution in [0.25, 0.3) is 0 Å². The second-order valence-electron chi connectivity index (χ2n) is 4.18. The van der Waals surface area contributed by atoms with Crippen LogP contribution in [0, 0.1) is 5.82 Å². The number of halogens is 1. The highest BCUT2D eigenvalue weighted by molar-refractivity contribution is 5.91. The predicted molar refractivity (Wildman–Crippen MR) is 65.7 cm³/mol. The summed E-state index contributed by atoms with van der Waals surface area (Å²) in [6.07, 6.45) is 2.10. The average molecular weight is 247 g/mol. The summed E-state index contributed by atoms with van der Waals surface area (Å²) in [5.74, 6) is -0.207. The molecule has 1 aromatic heterocycles. The van der Waals surface area contributed by atoms with Gasteiger partial charge in [-0.25, -0.2) is 4.39 Å². The molecule has 1 amide bonds. The number of hydrogen-bond acceptors (Lipinski definition) is 2. The second-order valence-corrected chi connectivity index (χ2v) is 4.18. The van der Waals surface area contributed by atoms with Crippen molar-refractivity contribution in [2.45, 2.75) is 19.4 Å². The number of carbonyl (C=O) groups excluding carboxylic acids is 1. The predicted octanol–water partition coefficient (Wildman–Crippen LogP) is 2.78. The molecule has 1 aromatic carbocycles. The highest BCUT2D eigenvalue weighted by atomic mass is 19.1. The molecule has 18 heavy (non-hydrogen) atoms. The number of furan rings is 1. The van der Waals surface area contributed by atoms with Crippen molar-refractivity contribution >= 4 is 5.91 Å². The van der Waals surface area contributed by atoms with Crippen LogP contribution in [0.5, 0.6) is 0 Å². The van der Waals surface area contributed by atoms with Gasteiger partial charge in [-0.05, 0) is 43.2 Å². The topological polar surface area (TPSA) is 42.2 Å². The molecule has 1 atom stereocenters. The van der Waals surface area contributed by atoms with Crippen LogP contribution in [0.15, 0.2) is 47.1 Å². The van der Waals surface area contributed by atoms with Gasteiger partial charge in [0, 0.05) is 6.04 Å². The van der Waals surface area contributed by atoms with Crippen LogP contribution in [0.3, 0.4) is 0 Å². The molecule has 0 saturated carbocycles. The summed E-state index contributed by atoms with van der Waals surface area (Å²) in [6.45, 7) is 1.89. The maximum Gasteiger partial charge on any atom is 0.287 e. The number of benzene rings is 1. The number of hydrogen-bond donors (Lipinski definition) is 1. The zero-order valence-corrected chi connectivity index (χ0v) is 10.0. The van der Waals surface area contributed by atoms with Gasteiger partial charge >= 0.3 is 0 Å². The van der Waals surface area contributed by atoms with Gasteiger partial charge in [0.15, 0.2) is 5.76 Å². The largest absolute Gasteiger partial charge is 0.459 e. The van der Waals surface area contributed by atoms with E-state index in [1.807, 2.05) is 6.92 Å². The van der Waals surface area contributed by atoms with E-state index in [2.05, 4.69) is 5.32 Å². The van der Waals surface area contributed by atoms with Crippen LogP contribution in [0.4, 0.5) is 4.39 Å². The molecule has 1 unspecified atom stereocenters. The monoisotopic (exact) mass is 247 g/mol. The van der Waals surface area contributed by atoms with Crippen LogP contribution >= 0.6 is 0 Å². The Balaban J connectivity index is 1.90. The van der Waals surface area contributed by atoms with Gasteiger partial charge in [0.05, 0.1) is 6.26 Å². The lowest BCUT2D eigenvalue weighted by atomic mass is 10.1. The molecule has 2 aromatic rings. The molecule has 4 heteroatoms. The fraction of sp³-hybridized carbons (Fsp3) is 0.214. The number of amides is 1. The lowest BCUT2D eigenvalue weighted by Gasteiger charge is -2.12. The van der Waals surface area contributed by atoms with Crippen LogP contribution < -0.4 is 5.32 Å². The van der Waals surface area contributed by atoms with Gasteiger partial charge in [-0.3, -0.25) is 4.79 Å². The van der Waals surface area contributed by atoms with E-state index >= 15 is 0 Å². The molecule has 2 rings (SSSR count). The molecule has 0 saturated heterocycles. The fourth-order valence-corrected chi connectivity index (χ4v) is 1.73. The summed E-state index contributed by atoms with van der Waals surface area (Å²) in [6, 6.07) is 9.48. The minimum atomic E-state index is -0.258. The van der Waals surface area contributed by atoms with E-state index in [9.17, 15) is 9.18 Å². The first kappa shape index (κ1) is 12.4. The second kappa shape index (κ2) is 5.49. The standard InChI is InChI=1S/C14H14FNO2/c1-10(9-11-4-6-12(15)7-5-11)16-14(17)13-3-2-8-18-13/h2-8,10H,9H2,1H3,(H,16,17). The highest BCUT2D eigenvalue weighted by Gasteiger charge is 2.12. The third-order valence-electron chi connectivity index (χ3n) is 2.58. The van der Waals surface area contributed by atoms with Crippen molar-refractivity contribution in [3.63, 3.8) is 0 Å². The van der Waals surface area contributed by atoms with E-state index < -0.39 is 0 Å². The maximum absolute atomic E-state index is 12.7. The quantitative estimate of drug-likeness (QED) is 0.902. The van der Waals surface area contributed by atoms with Gasteiger partial charge in [-0.2, -0.15) is 0 Å². The molecule has 0 bridgehead atoms. The van der Waals surface area contributed by atoms with E-state index in [1.165, 1.54) is 18.4 Å². The number of nitrogens with one attached hydrogen (secondary N) is 1. The van der Waals surface area contributed by atoms with Crippen LogP contribution in [-0.4, -0.2) is 11.9 Å². The summed E-state index contributed by atoms with van der Waals surface area (Å²) in [4.78, 5) is 11.7. The molecule has 0 aliphatic carbocycles. The first-order valence-corrected chi connectivity index (χ1v) is 5.74. The Kier molecular flexibility index (Phi) is 3.77. The normalized spacial score (nSPS) is 12.1. The fourth-order valence-electron chi connectivity index (χ4n) is 1.73. The smallest absolute Gasteiger partial charge is 0.287 e. The lowest BCUT2D eigenvalue weighted by molar-refractivity contribution is 0.0912. The van der Waals surface area contributed by atoms with Gasteiger partial charge in [0.1, 0.15) is 5.82 Å². The zero-order chi connectivity index (χ0) is 13.0. The third-order valence-corrected chi connectivity index (χ3v) is 2.58. The lowest BCUT2D eigenvalue weighted by Crippen LogP contribution is -2.33. The van der Waals surface area contributed by atoms with Crippen molar-refractivity contribution in [2.24, 2.45) is 0 Å². The highest BCUT2D eigenvalue weighted by Crippen LogP contribution is 2.07. The van der Waals surface area contributed by atoms with E-state index in [4.69, 9.17) is 4.42 Å². The molecular weight excluding hydrogens is 233 g/mol. The Labute approximate surface area is 105 Å². The van der Waals surface area contributed by atoms with E-state index in [1.54, 1.807) is 24.3 Å². The van der Waals surface area contributed by atoms with Gasteiger partial charge in [0.25, 0.3) is 5.91 Å². The summed E-state index contributed by atoms with van der Waals surface area (Å²) in [5, 5.41) is 2.82. The van der Waals surface area contributed by atoms with Crippen LogP contribution in [-0.2, 0) is 6.42 Å². The first-order chi connectivity index (χ1) is 8.65. The summed E-state index contributed by atoms with van der Waals surface area (Å²) in [5.41, 5.74) is 0.976. The summed E-state index contributed by atoms with van der Waals surface area (Å²) >= 11 is 0. The Morgan fingerprint density at radius 3 is 2.67 bits per heavy atom. The number of rotatable bonds is 4. The summed E-state index contributed by atoms with van der Waals surface area (Å²) < 4.78 is 17.7. The third kappa shape index (κ3) is 3.20. The molecular formula is C14H14FNO2. The molecule has 0 aliphatic heterocycles. The van der Waals surface area contributed by atoms with Crippen molar-refractivity contribution in [1.82, 2.24) is 5.32 Å². The van der Waals surface area contributed by atoms with Gasteiger partial charge in [0.2, 0.25) is 0 Å². The van der Waals surface area contributed by atoms with Crippen LogP contribution in [0.2, 0.25) is 0 Å². The maximum atomic E-state index is 12.7. The minimum absolute atomic E-state index is 0.0481. The van der Waals surface area contributed by atoms with Crippen LogP contribution in [0.1, 0.15) is 23.0 Å².